The topological polar surface area (TPSA) is 70.4 Å². The highest BCUT2D eigenvalue weighted by atomic mass is 32.1. The molecule has 0 amide bonds. The highest BCUT2D eigenvalue weighted by Crippen LogP contribution is 2.32. The van der Waals surface area contributed by atoms with Crippen molar-refractivity contribution in [2.24, 2.45) is 0 Å². The van der Waals surface area contributed by atoms with Gasteiger partial charge in [-0.05, 0) is 44.9 Å². The third-order valence-corrected chi connectivity index (χ3v) is 5.53. The first-order valence-corrected chi connectivity index (χ1v) is 10.3. The number of carbonyl (C=O) groups is 1. The molecule has 0 unspecified atom stereocenters. The number of hydrogen-bond donors (Lipinski definition) is 0. The van der Waals surface area contributed by atoms with E-state index in [-0.39, 0.29) is 11.7 Å². The fourth-order valence-corrected chi connectivity index (χ4v) is 3.73. The lowest BCUT2D eigenvalue weighted by atomic mass is 10.1. The van der Waals surface area contributed by atoms with Crippen LogP contribution in [0.5, 0.6) is 5.75 Å². The van der Waals surface area contributed by atoms with Crippen LogP contribution in [-0.4, -0.2) is 28.2 Å². The minimum absolute atomic E-state index is 0.192. The van der Waals surface area contributed by atoms with Crippen LogP contribution in [0, 0.1) is 0 Å². The minimum atomic E-state index is -0.744. The summed E-state index contributed by atoms with van der Waals surface area (Å²) in [6, 6.07) is 6.85. The van der Waals surface area contributed by atoms with Gasteiger partial charge in [0, 0.05) is 10.9 Å². The van der Waals surface area contributed by atoms with Crippen molar-refractivity contribution in [2.75, 3.05) is 6.61 Å². The number of ether oxygens (including phenoxy) is 2. The van der Waals surface area contributed by atoms with Crippen molar-refractivity contribution in [3.8, 4) is 16.9 Å². The molecule has 3 aromatic rings. The maximum absolute atomic E-state index is 13.2. The second-order valence-corrected chi connectivity index (χ2v) is 7.43. The van der Waals surface area contributed by atoms with E-state index in [4.69, 9.17) is 9.47 Å². The van der Waals surface area contributed by atoms with Gasteiger partial charge in [0.2, 0.25) is 0 Å². The Morgan fingerprint density at radius 1 is 1.21 bits per heavy atom. The molecule has 0 fully saturated rings. The summed E-state index contributed by atoms with van der Waals surface area (Å²) >= 11 is 1.41. The molecule has 1 aromatic carbocycles. The molecule has 0 radical (unpaired) electrons. The number of thiophene rings is 1. The second kappa shape index (κ2) is 8.56. The molecule has 0 spiro atoms. The number of hydrogen-bond acceptors (Lipinski definition) is 6. The van der Waals surface area contributed by atoms with Crippen molar-refractivity contribution in [3.63, 3.8) is 0 Å². The van der Waals surface area contributed by atoms with E-state index in [1.54, 1.807) is 6.92 Å². The standard InChI is InChI=1S/C21H24N2O4S/c1-5-13(3)27-21(25)14(4)23-12-22-19-18(20(23)24)17(11-28-19)15-7-9-16(10-8-15)26-6-2/h7-14H,5-6H2,1-4H3/t13-,14-/m0/s1. The monoisotopic (exact) mass is 400 g/mol. The van der Waals surface area contributed by atoms with Crippen molar-refractivity contribution in [1.29, 1.82) is 0 Å². The van der Waals surface area contributed by atoms with E-state index in [1.165, 1.54) is 22.2 Å². The molecule has 0 saturated carbocycles. The highest BCUT2D eigenvalue weighted by molar-refractivity contribution is 7.17. The third-order valence-electron chi connectivity index (χ3n) is 4.65. The Morgan fingerprint density at radius 3 is 2.57 bits per heavy atom. The molecule has 0 aliphatic heterocycles. The Hall–Kier alpha value is -2.67. The molecule has 3 rings (SSSR count). The number of nitrogens with zero attached hydrogens (tertiary/aromatic N) is 2. The number of benzene rings is 1. The lowest BCUT2D eigenvalue weighted by Gasteiger charge is -2.17. The molecule has 0 N–H and O–H groups in total. The van der Waals surface area contributed by atoms with E-state index < -0.39 is 12.0 Å². The summed E-state index contributed by atoms with van der Waals surface area (Å²) in [5, 5.41) is 2.43. The second-order valence-electron chi connectivity index (χ2n) is 6.58. The van der Waals surface area contributed by atoms with E-state index >= 15 is 0 Å². The van der Waals surface area contributed by atoms with Gasteiger partial charge in [-0.1, -0.05) is 19.1 Å². The van der Waals surface area contributed by atoms with E-state index in [2.05, 4.69) is 4.98 Å². The van der Waals surface area contributed by atoms with Crippen LogP contribution in [0.1, 0.15) is 40.2 Å². The highest BCUT2D eigenvalue weighted by Gasteiger charge is 2.22. The summed E-state index contributed by atoms with van der Waals surface area (Å²) in [5.74, 6) is 0.346. The van der Waals surface area contributed by atoms with Crippen molar-refractivity contribution in [2.45, 2.75) is 46.3 Å². The number of fused-ring (bicyclic) bond motifs is 1. The minimum Gasteiger partial charge on any atom is -0.494 e. The molecule has 0 saturated heterocycles. The Labute approximate surface area is 167 Å². The first kappa shape index (κ1) is 20.1. The van der Waals surface area contributed by atoms with Crippen molar-refractivity contribution in [3.05, 3.63) is 46.3 Å². The summed E-state index contributed by atoms with van der Waals surface area (Å²) in [5.41, 5.74) is 1.46. The Bertz CT molecular complexity index is 1020. The quantitative estimate of drug-likeness (QED) is 0.549. The van der Waals surface area contributed by atoms with Crippen LogP contribution in [0.4, 0.5) is 0 Å². The van der Waals surface area contributed by atoms with Gasteiger partial charge in [-0.15, -0.1) is 11.3 Å². The smallest absolute Gasteiger partial charge is 0.329 e. The van der Waals surface area contributed by atoms with Crippen LogP contribution in [0.2, 0.25) is 0 Å². The molecule has 28 heavy (non-hydrogen) atoms. The summed E-state index contributed by atoms with van der Waals surface area (Å²) in [6.45, 7) is 7.96. The van der Waals surface area contributed by atoms with Gasteiger partial charge in [0.25, 0.3) is 5.56 Å². The molecule has 2 atom stereocenters. The van der Waals surface area contributed by atoms with Gasteiger partial charge in [0.15, 0.2) is 0 Å². The number of rotatable bonds is 7. The maximum Gasteiger partial charge on any atom is 0.329 e. The fourth-order valence-electron chi connectivity index (χ4n) is 2.82. The van der Waals surface area contributed by atoms with Gasteiger partial charge in [0.1, 0.15) is 16.6 Å². The van der Waals surface area contributed by atoms with E-state index in [9.17, 15) is 9.59 Å². The van der Waals surface area contributed by atoms with E-state index in [1.807, 2.05) is 50.4 Å². The lowest BCUT2D eigenvalue weighted by molar-refractivity contribution is -0.152. The van der Waals surface area contributed by atoms with Gasteiger partial charge in [0.05, 0.1) is 24.4 Å². The van der Waals surface area contributed by atoms with Crippen molar-refractivity contribution in [1.82, 2.24) is 9.55 Å². The number of aromatic nitrogens is 2. The average molecular weight is 401 g/mol. The first-order valence-electron chi connectivity index (χ1n) is 9.38. The zero-order valence-corrected chi connectivity index (χ0v) is 17.3. The zero-order valence-electron chi connectivity index (χ0n) is 16.5. The summed E-state index contributed by atoms with van der Waals surface area (Å²) < 4.78 is 12.2. The molecule has 2 aromatic heterocycles. The van der Waals surface area contributed by atoms with Crippen LogP contribution in [0.25, 0.3) is 21.3 Å². The Kier molecular flexibility index (Phi) is 6.14. The van der Waals surface area contributed by atoms with Crippen LogP contribution in [-0.2, 0) is 9.53 Å². The third kappa shape index (κ3) is 3.94. The zero-order chi connectivity index (χ0) is 20.3. The largest absolute Gasteiger partial charge is 0.494 e. The molecular weight excluding hydrogens is 376 g/mol. The van der Waals surface area contributed by atoms with Crippen LogP contribution < -0.4 is 10.3 Å². The summed E-state index contributed by atoms with van der Waals surface area (Å²) in [7, 11) is 0. The number of esters is 1. The predicted octanol–water partition coefficient (Wildman–Crippen LogP) is 4.43. The van der Waals surface area contributed by atoms with E-state index in [0.29, 0.717) is 16.8 Å². The van der Waals surface area contributed by atoms with Crippen molar-refractivity contribution < 1.29 is 14.3 Å². The summed E-state index contributed by atoms with van der Waals surface area (Å²) in [4.78, 5) is 30.6. The van der Waals surface area contributed by atoms with Crippen LogP contribution in [0.15, 0.2) is 40.8 Å². The van der Waals surface area contributed by atoms with Gasteiger partial charge < -0.3 is 9.47 Å². The van der Waals surface area contributed by atoms with Crippen molar-refractivity contribution >= 4 is 27.5 Å². The molecule has 0 aliphatic carbocycles. The SMILES string of the molecule is CCOc1ccc(-c2csc3ncn([C@@H](C)C(=O)O[C@@H](C)CC)c(=O)c23)cc1. The molecular formula is C21H24N2O4S. The van der Waals surface area contributed by atoms with Crippen LogP contribution >= 0.6 is 11.3 Å². The molecule has 6 nitrogen and oxygen atoms in total. The fraction of sp³-hybridized carbons (Fsp3) is 0.381. The maximum atomic E-state index is 13.2. The Balaban J connectivity index is 2.00. The summed E-state index contributed by atoms with van der Waals surface area (Å²) in [6.07, 6.45) is 1.95. The number of carbonyl (C=O) groups excluding carboxylic acids is 1. The van der Waals surface area contributed by atoms with Crippen LogP contribution in [0.3, 0.4) is 0 Å². The average Bonchev–Trinajstić information content (AvgIpc) is 3.13. The normalized spacial score (nSPS) is 13.3. The van der Waals surface area contributed by atoms with E-state index in [0.717, 1.165) is 23.3 Å². The Morgan fingerprint density at radius 2 is 1.93 bits per heavy atom. The van der Waals surface area contributed by atoms with Gasteiger partial charge >= 0.3 is 5.97 Å². The molecule has 148 valence electrons. The first-order chi connectivity index (χ1) is 13.5. The predicted molar refractivity (Wildman–Crippen MR) is 111 cm³/mol. The molecule has 0 aliphatic rings. The van der Waals surface area contributed by atoms with Gasteiger partial charge in [-0.2, -0.15) is 0 Å². The molecule has 0 bridgehead atoms. The van der Waals surface area contributed by atoms with Gasteiger partial charge in [-0.25, -0.2) is 9.78 Å². The lowest BCUT2D eigenvalue weighted by Crippen LogP contribution is -2.31. The molecule has 7 heteroatoms. The van der Waals surface area contributed by atoms with Gasteiger partial charge in [-0.3, -0.25) is 9.36 Å². The molecule has 2 heterocycles.